The number of hydrogen-bond donors (Lipinski definition) is 2. The number of likely N-dealkylation sites (tertiary alicyclic amines) is 1. The Morgan fingerprint density at radius 2 is 2.00 bits per heavy atom. The summed E-state index contributed by atoms with van der Waals surface area (Å²) >= 11 is 6.35. The Morgan fingerprint density at radius 3 is 2.66 bits per heavy atom. The molecule has 1 aliphatic carbocycles. The molecule has 0 bridgehead atoms. The molecular weight excluding hydrogens is 507 g/mol. The topological polar surface area (TPSA) is 79.6 Å². The molecule has 38 heavy (non-hydrogen) atoms. The lowest BCUT2D eigenvalue weighted by molar-refractivity contribution is -0.259. The second-order valence-corrected chi connectivity index (χ2v) is 10.6. The van der Waals surface area contributed by atoms with Crippen LogP contribution in [0.5, 0.6) is 0 Å². The van der Waals surface area contributed by atoms with Crippen LogP contribution in [0.1, 0.15) is 62.6 Å². The van der Waals surface area contributed by atoms with Crippen molar-refractivity contribution in [3.05, 3.63) is 87.6 Å². The number of carbonyl (C=O) groups excluding carboxylic acids is 1. The quantitative estimate of drug-likeness (QED) is 0.394. The van der Waals surface area contributed by atoms with Gasteiger partial charge in [-0.15, -0.1) is 0 Å². The van der Waals surface area contributed by atoms with Crippen LogP contribution in [0.3, 0.4) is 0 Å². The predicted octanol–water partition coefficient (Wildman–Crippen LogP) is 5.11. The minimum absolute atomic E-state index is 0.123. The highest BCUT2D eigenvalue weighted by molar-refractivity contribution is 6.33. The number of amides is 1. The van der Waals surface area contributed by atoms with Gasteiger partial charge in [0.15, 0.2) is 0 Å². The summed E-state index contributed by atoms with van der Waals surface area (Å²) in [5.74, 6) is 4.93. The minimum Gasteiger partial charge on any atom is -0.356 e. The van der Waals surface area contributed by atoms with E-state index in [1.54, 1.807) is 4.90 Å². The Hall–Kier alpha value is -3.22. The maximum absolute atomic E-state index is 15.4. The third-order valence-corrected chi connectivity index (χ3v) is 6.48. The number of nitrogens with zero attached hydrogens (tertiary/aromatic N) is 3. The molecule has 2 aliphatic rings. The van der Waals surface area contributed by atoms with E-state index in [2.05, 4.69) is 22.3 Å². The molecule has 0 radical (unpaired) electrons. The largest absolute Gasteiger partial charge is 0.356 e. The fourth-order valence-electron chi connectivity index (χ4n) is 4.21. The van der Waals surface area contributed by atoms with Crippen LogP contribution in [-0.2, 0) is 4.74 Å². The fraction of sp³-hybridized carbons (Fsp3) is 0.379. The average molecular weight is 539 g/mol. The van der Waals surface area contributed by atoms with Gasteiger partial charge in [-0.05, 0) is 57.4 Å². The van der Waals surface area contributed by atoms with Crippen molar-refractivity contribution < 1.29 is 19.0 Å². The van der Waals surface area contributed by atoms with Gasteiger partial charge in [0.25, 0.3) is 5.91 Å². The Kier molecular flexibility index (Phi) is 8.54. The van der Waals surface area contributed by atoms with Crippen LogP contribution in [0.15, 0.2) is 71.4 Å². The number of hydrogen-bond acceptors (Lipinski definition) is 5. The molecule has 9 heteroatoms. The number of aromatic nitrogens is 2. The van der Waals surface area contributed by atoms with E-state index in [0.29, 0.717) is 31.5 Å². The van der Waals surface area contributed by atoms with Crippen LogP contribution < -0.4 is 5.32 Å². The van der Waals surface area contributed by atoms with Gasteiger partial charge in [0, 0.05) is 24.2 Å². The van der Waals surface area contributed by atoms with Gasteiger partial charge in [-0.1, -0.05) is 54.6 Å². The van der Waals surface area contributed by atoms with Crippen LogP contribution in [0, 0.1) is 11.8 Å². The van der Waals surface area contributed by atoms with E-state index in [9.17, 15) is 9.90 Å². The van der Waals surface area contributed by atoms with E-state index < -0.39 is 23.7 Å². The highest BCUT2D eigenvalue weighted by Gasteiger charge is 2.38. The standard InChI is InChI=1S/C29H32ClFN4O3/c1-5-21-14-13-20(12-11-19-9-7-6-8-10-19)15-24(31)25(21)33-27(36)26-23(30)16-32-35(26)22-17-34(18-22)28(37)38-29(2,3)4/h6-10,13,15-16,22,28,37H,5,14,17-18H2,1-4H3,(H,33,36). The molecule has 1 saturated heterocycles. The lowest BCUT2D eigenvalue weighted by Gasteiger charge is -2.43. The van der Waals surface area contributed by atoms with Gasteiger partial charge >= 0.3 is 0 Å². The number of halogens is 2. The van der Waals surface area contributed by atoms with Crippen molar-refractivity contribution in [2.45, 2.75) is 58.6 Å². The van der Waals surface area contributed by atoms with Gasteiger partial charge < -0.3 is 15.2 Å². The van der Waals surface area contributed by atoms with Crippen LogP contribution >= 0.6 is 11.6 Å². The van der Waals surface area contributed by atoms with Crippen LogP contribution in [0.2, 0.25) is 5.02 Å². The lowest BCUT2D eigenvalue weighted by atomic mass is 10.1. The van der Waals surface area contributed by atoms with E-state index in [1.165, 1.54) is 17.0 Å². The minimum atomic E-state index is -1.07. The molecule has 7 nitrogen and oxygen atoms in total. The molecule has 2 N–H and O–H groups in total. The summed E-state index contributed by atoms with van der Waals surface area (Å²) in [4.78, 5) is 15.1. The first-order valence-electron chi connectivity index (χ1n) is 12.6. The maximum Gasteiger partial charge on any atom is 0.275 e. The first kappa shape index (κ1) is 27.8. The van der Waals surface area contributed by atoms with Crippen molar-refractivity contribution in [1.82, 2.24) is 20.0 Å². The molecule has 1 aromatic carbocycles. The number of nitrogens with one attached hydrogen (secondary N) is 1. The van der Waals surface area contributed by atoms with Crippen molar-refractivity contribution in [3.63, 3.8) is 0 Å². The molecule has 2 aromatic rings. The molecule has 0 spiro atoms. The smallest absolute Gasteiger partial charge is 0.275 e. The zero-order chi connectivity index (χ0) is 27.4. The number of aliphatic hydroxyl groups is 1. The van der Waals surface area contributed by atoms with Crippen molar-refractivity contribution in [1.29, 1.82) is 0 Å². The molecular formula is C29H32ClFN4O3. The molecule has 200 valence electrons. The van der Waals surface area contributed by atoms with Gasteiger partial charge in [-0.2, -0.15) is 5.10 Å². The summed E-state index contributed by atoms with van der Waals surface area (Å²) in [6, 6.07) is 9.27. The number of aliphatic hydroxyl groups excluding tert-OH is 1. The number of allylic oxidation sites excluding steroid dienone is 5. The van der Waals surface area contributed by atoms with Gasteiger partial charge in [0.1, 0.15) is 11.5 Å². The Morgan fingerprint density at radius 1 is 1.29 bits per heavy atom. The van der Waals surface area contributed by atoms with Crippen LogP contribution in [0.25, 0.3) is 0 Å². The normalized spacial score (nSPS) is 17.6. The Labute approximate surface area is 227 Å². The van der Waals surface area contributed by atoms with E-state index in [4.69, 9.17) is 16.3 Å². The highest BCUT2D eigenvalue weighted by atomic mass is 35.5. The van der Waals surface area contributed by atoms with E-state index in [1.807, 2.05) is 64.1 Å². The van der Waals surface area contributed by atoms with E-state index in [-0.39, 0.29) is 22.5 Å². The molecule has 1 amide bonds. The number of carbonyl (C=O) groups is 1. The summed E-state index contributed by atoms with van der Waals surface area (Å²) in [5.41, 5.74) is 1.86. The molecule has 1 aromatic heterocycles. The molecule has 2 heterocycles. The number of ether oxygens (including phenoxy) is 1. The first-order chi connectivity index (χ1) is 18.1. The second kappa shape index (κ2) is 11.7. The van der Waals surface area contributed by atoms with Crippen molar-refractivity contribution in [3.8, 4) is 11.8 Å². The van der Waals surface area contributed by atoms with Crippen molar-refractivity contribution in [2.75, 3.05) is 13.1 Å². The summed E-state index contributed by atoms with van der Waals surface area (Å²) in [7, 11) is 0. The number of benzene rings is 1. The summed E-state index contributed by atoms with van der Waals surface area (Å²) < 4.78 is 22.5. The molecule has 4 rings (SSSR count). The zero-order valence-corrected chi connectivity index (χ0v) is 22.7. The Bertz CT molecular complexity index is 1340. The van der Waals surface area contributed by atoms with Gasteiger partial charge in [-0.3, -0.25) is 14.4 Å². The third kappa shape index (κ3) is 6.61. The molecule has 1 atom stereocenters. The predicted molar refractivity (Wildman–Crippen MR) is 145 cm³/mol. The second-order valence-electron chi connectivity index (χ2n) is 10.2. The zero-order valence-electron chi connectivity index (χ0n) is 22.0. The van der Waals surface area contributed by atoms with E-state index in [0.717, 1.165) is 11.1 Å². The molecule has 1 aliphatic heterocycles. The SMILES string of the molecule is CCC1=C(NC(=O)c2c(Cl)cnn2C2CN(C(O)OC(C)(C)C)C2)C(F)=CC(C#Cc2ccccc2)=CC1. The van der Waals surface area contributed by atoms with Crippen molar-refractivity contribution >= 4 is 17.5 Å². The third-order valence-electron chi connectivity index (χ3n) is 6.21. The summed E-state index contributed by atoms with van der Waals surface area (Å²) in [5, 5.41) is 17.5. The van der Waals surface area contributed by atoms with Crippen LogP contribution in [-0.4, -0.2) is 50.8 Å². The monoisotopic (exact) mass is 538 g/mol. The molecule has 1 fully saturated rings. The van der Waals surface area contributed by atoms with Gasteiger partial charge in [0.2, 0.25) is 6.41 Å². The van der Waals surface area contributed by atoms with Gasteiger partial charge in [-0.25, -0.2) is 4.39 Å². The summed E-state index contributed by atoms with van der Waals surface area (Å²) in [6.07, 6.45) is 4.53. The number of rotatable bonds is 6. The molecule has 1 unspecified atom stereocenters. The fourth-order valence-corrected chi connectivity index (χ4v) is 4.43. The first-order valence-corrected chi connectivity index (χ1v) is 12.9. The maximum atomic E-state index is 15.4. The molecule has 0 saturated carbocycles. The summed E-state index contributed by atoms with van der Waals surface area (Å²) in [6.45, 7) is 8.32. The van der Waals surface area contributed by atoms with Crippen molar-refractivity contribution in [2.24, 2.45) is 0 Å². The lowest BCUT2D eigenvalue weighted by Crippen LogP contribution is -2.55. The van der Waals surface area contributed by atoms with Gasteiger partial charge in [0.05, 0.1) is 28.6 Å². The average Bonchev–Trinajstić information content (AvgIpc) is 3.13. The van der Waals surface area contributed by atoms with E-state index >= 15 is 4.39 Å². The van der Waals surface area contributed by atoms with Crippen LogP contribution in [0.4, 0.5) is 4.39 Å². The highest BCUT2D eigenvalue weighted by Crippen LogP contribution is 2.30. The Balaban J connectivity index is 1.49.